The van der Waals surface area contributed by atoms with E-state index < -0.39 is 10.0 Å². The van der Waals surface area contributed by atoms with Gasteiger partial charge in [-0.1, -0.05) is 0 Å². The lowest BCUT2D eigenvalue weighted by molar-refractivity contribution is 0.470. The Morgan fingerprint density at radius 1 is 1.64 bits per heavy atom. The van der Waals surface area contributed by atoms with Gasteiger partial charge in [0.2, 0.25) is 0 Å². The van der Waals surface area contributed by atoms with Crippen LogP contribution < -0.4 is 5.73 Å². The Labute approximate surface area is 82.2 Å². The van der Waals surface area contributed by atoms with Crippen molar-refractivity contribution in [3.05, 3.63) is 12.5 Å². The Bertz CT molecular complexity index is 399. The van der Waals surface area contributed by atoms with Crippen molar-refractivity contribution in [1.29, 1.82) is 0 Å². The van der Waals surface area contributed by atoms with Gasteiger partial charge < -0.3 is 10.7 Å². The Balaban J connectivity index is 2.26. The molecule has 0 amide bonds. The van der Waals surface area contributed by atoms with Crippen molar-refractivity contribution in [2.75, 3.05) is 13.1 Å². The summed E-state index contributed by atoms with van der Waals surface area (Å²) >= 11 is 0. The first-order chi connectivity index (χ1) is 6.60. The number of nitrogens with two attached hydrogens (primary N) is 1. The molecule has 78 valence electrons. The minimum atomic E-state index is -3.39. The Hall–Kier alpha value is -0.920. The van der Waals surface area contributed by atoms with E-state index in [4.69, 9.17) is 5.73 Å². The van der Waals surface area contributed by atoms with Gasteiger partial charge in [0.15, 0.2) is 5.03 Å². The number of nitrogens with one attached hydrogen (secondary N) is 1. The predicted molar refractivity (Wildman–Crippen MR) is 49.9 cm³/mol. The number of H-pyrrole nitrogens is 1. The molecule has 1 aliphatic rings. The van der Waals surface area contributed by atoms with Crippen LogP contribution >= 0.6 is 0 Å². The molecule has 0 aliphatic carbocycles. The van der Waals surface area contributed by atoms with Crippen LogP contribution in [0.2, 0.25) is 0 Å². The van der Waals surface area contributed by atoms with Gasteiger partial charge in [0, 0.05) is 19.1 Å². The lowest BCUT2D eigenvalue weighted by Crippen LogP contribution is -2.32. The summed E-state index contributed by atoms with van der Waals surface area (Å²) in [6.07, 6.45) is 3.37. The van der Waals surface area contributed by atoms with Gasteiger partial charge in [-0.2, -0.15) is 4.31 Å². The monoisotopic (exact) mass is 216 g/mol. The zero-order chi connectivity index (χ0) is 10.2. The zero-order valence-corrected chi connectivity index (χ0v) is 8.37. The molecule has 1 fully saturated rings. The summed E-state index contributed by atoms with van der Waals surface area (Å²) in [5.41, 5.74) is 5.64. The van der Waals surface area contributed by atoms with E-state index in [0.29, 0.717) is 19.5 Å². The fraction of sp³-hybridized carbons (Fsp3) is 0.571. The van der Waals surface area contributed by atoms with Gasteiger partial charge in [-0.25, -0.2) is 13.4 Å². The summed E-state index contributed by atoms with van der Waals surface area (Å²) in [6.45, 7) is 0.879. The van der Waals surface area contributed by atoms with Gasteiger partial charge in [-0.15, -0.1) is 0 Å². The van der Waals surface area contributed by atoms with Crippen molar-refractivity contribution in [3.63, 3.8) is 0 Å². The van der Waals surface area contributed by atoms with Crippen molar-refractivity contribution in [1.82, 2.24) is 14.3 Å². The van der Waals surface area contributed by atoms with Crippen LogP contribution in [-0.2, 0) is 10.0 Å². The molecule has 0 radical (unpaired) electrons. The second kappa shape index (κ2) is 3.34. The van der Waals surface area contributed by atoms with E-state index in [-0.39, 0.29) is 11.1 Å². The molecule has 2 heterocycles. The van der Waals surface area contributed by atoms with E-state index in [0.717, 1.165) is 0 Å². The smallest absolute Gasteiger partial charge is 0.260 e. The second-order valence-electron chi connectivity index (χ2n) is 3.33. The van der Waals surface area contributed by atoms with Gasteiger partial charge in [0.25, 0.3) is 10.0 Å². The lowest BCUT2D eigenvalue weighted by atomic mass is 10.3. The first-order valence-electron chi connectivity index (χ1n) is 4.35. The fourth-order valence-corrected chi connectivity index (χ4v) is 2.90. The number of aromatic nitrogens is 2. The minimum absolute atomic E-state index is 0.0484. The van der Waals surface area contributed by atoms with E-state index in [2.05, 4.69) is 9.97 Å². The molecule has 14 heavy (non-hydrogen) atoms. The Morgan fingerprint density at radius 3 is 2.93 bits per heavy atom. The molecular weight excluding hydrogens is 204 g/mol. The molecule has 0 aromatic carbocycles. The van der Waals surface area contributed by atoms with E-state index >= 15 is 0 Å². The van der Waals surface area contributed by atoms with Crippen molar-refractivity contribution < 1.29 is 8.42 Å². The van der Waals surface area contributed by atoms with Crippen molar-refractivity contribution in [2.45, 2.75) is 17.5 Å². The number of rotatable bonds is 2. The van der Waals surface area contributed by atoms with Crippen LogP contribution in [0.5, 0.6) is 0 Å². The number of hydrogen-bond donors (Lipinski definition) is 2. The number of aromatic amines is 1. The standard InChI is InChI=1S/C7H12N4O2S/c8-6-1-2-11(4-6)14(12,13)7-3-9-5-10-7/h3,5-6H,1-2,4,8H2,(H,9,10)/t6-/m1/s1. The third-order valence-corrected chi connectivity index (χ3v) is 4.07. The van der Waals surface area contributed by atoms with Crippen LogP contribution in [-0.4, -0.2) is 41.8 Å². The first kappa shape index (κ1) is 9.63. The quantitative estimate of drug-likeness (QED) is 0.672. The molecule has 7 heteroatoms. The van der Waals surface area contributed by atoms with Gasteiger partial charge in [-0.3, -0.25) is 0 Å². The van der Waals surface area contributed by atoms with Gasteiger partial charge in [-0.05, 0) is 6.42 Å². The fourth-order valence-electron chi connectivity index (χ4n) is 1.50. The highest BCUT2D eigenvalue weighted by molar-refractivity contribution is 7.89. The first-order valence-corrected chi connectivity index (χ1v) is 5.79. The third kappa shape index (κ3) is 1.54. The summed E-state index contributed by atoms with van der Waals surface area (Å²) in [4.78, 5) is 6.27. The SMILES string of the molecule is N[C@@H]1CCN(S(=O)(=O)c2cnc[nH]2)C1. The van der Waals surface area contributed by atoms with Crippen molar-refractivity contribution in [2.24, 2.45) is 5.73 Å². The molecule has 1 aromatic rings. The Kier molecular flexibility index (Phi) is 2.30. The molecule has 0 bridgehead atoms. The van der Waals surface area contributed by atoms with Crippen molar-refractivity contribution >= 4 is 10.0 Å². The van der Waals surface area contributed by atoms with Crippen LogP contribution in [0.25, 0.3) is 0 Å². The largest absolute Gasteiger partial charge is 0.335 e. The van der Waals surface area contributed by atoms with Crippen molar-refractivity contribution in [3.8, 4) is 0 Å². The maximum Gasteiger partial charge on any atom is 0.260 e. The molecule has 2 rings (SSSR count). The minimum Gasteiger partial charge on any atom is -0.335 e. The molecule has 1 atom stereocenters. The molecule has 1 aromatic heterocycles. The maximum atomic E-state index is 11.8. The zero-order valence-electron chi connectivity index (χ0n) is 7.55. The van der Waals surface area contributed by atoms with Crippen LogP contribution in [0.15, 0.2) is 17.6 Å². The van der Waals surface area contributed by atoms with Gasteiger partial charge >= 0.3 is 0 Å². The molecule has 1 aliphatic heterocycles. The van der Waals surface area contributed by atoms with E-state index in [1.807, 2.05) is 0 Å². The van der Waals surface area contributed by atoms with Crippen LogP contribution in [0.3, 0.4) is 0 Å². The summed E-state index contributed by atoms with van der Waals surface area (Å²) < 4.78 is 25.1. The third-order valence-electron chi connectivity index (χ3n) is 2.28. The highest BCUT2D eigenvalue weighted by Crippen LogP contribution is 2.17. The predicted octanol–water partition coefficient (Wildman–Crippen LogP) is -0.869. The average molecular weight is 216 g/mol. The molecule has 0 unspecified atom stereocenters. The summed E-state index contributed by atoms with van der Waals surface area (Å²) in [5, 5.41) is 0.131. The number of sulfonamides is 1. The van der Waals surface area contributed by atoms with E-state index in [1.165, 1.54) is 16.8 Å². The lowest BCUT2D eigenvalue weighted by Gasteiger charge is -2.13. The van der Waals surface area contributed by atoms with Gasteiger partial charge in [0.1, 0.15) is 0 Å². The number of nitrogens with zero attached hydrogens (tertiary/aromatic N) is 2. The summed E-state index contributed by atoms with van der Waals surface area (Å²) in [6, 6.07) is -0.0484. The van der Waals surface area contributed by atoms with E-state index in [1.54, 1.807) is 0 Å². The molecule has 6 nitrogen and oxygen atoms in total. The Morgan fingerprint density at radius 2 is 2.43 bits per heavy atom. The highest BCUT2D eigenvalue weighted by atomic mass is 32.2. The van der Waals surface area contributed by atoms with E-state index in [9.17, 15) is 8.42 Å². The van der Waals surface area contributed by atoms with Crippen LogP contribution in [0.4, 0.5) is 0 Å². The summed E-state index contributed by atoms with van der Waals surface area (Å²) in [7, 11) is -3.39. The topological polar surface area (TPSA) is 92.1 Å². The number of imidazole rings is 1. The number of hydrogen-bond acceptors (Lipinski definition) is 4. The van der Waals surface area contributed by atoms with Crippen LogP contribution in [0.1, 0.15) is 6.42 Å². The molecular formula is C7H12N4O2S. The van der Waals surface area contributed by atoms with Crippen LogP contribution in [0, 0.1) is 0 Å². The average Bonchev–Trinajstić information content (AvgIpc) is 2.72. The van der Waals surface area contributed by atoms with Gasteiger partial charge in [0.05, 0.1) is 12.5 Å². The molecule has 0 saturated carbocycles. The highest BCUT2D eigenvalue weighted by Gasteiger charge is 2.31. The second-order valence-corrected chi connectivity index (χ2v) is 5.23. The maximum absolute atomic E-state index is 11.8. The normalized spacial score (nSPS) is 24.2. The molecule has 1 saturated heterocycles. The summed E-state index contributed by atoms with van der Waals surface area (Å²) in [5.74, 6) is 0. The molecule has 0 spiro atoms. The molecule has 3 N–H and O–H groups in total.